The van der Waals surface area contributed by atoms with Crippen LogP contribution in [0.25, 0.3) is 0 Å². The zero-order valence-corrected chi connectivity index (χ0v) is 10.5. The van der Waals surface area contributed by atoms with Crippen LogP contribution in [0.4, 0.5) is 0 Å². The molecule has 1 aliphatic heterocycles. The van der Waals surface area contributed by atoms with Crippen LogP contribution in [0.1, 0.15) is 15.3 Å². The summed E-state index contributed by atoms with van der Waals surface area (Å²) in [5.41, 5.74) is -0.760. The first-order valence-electron chi connectivity index (χ1n) is 4.11. The molecule has 1 rings (SSSR count). The molecule has 0 unspecified atom stereocenters. The fraction of sp³-hybridized carbons (Fsp3) is 0.875. The first kappa shape index (κ1) is 13.4. The van der Waals surface area contributed by atoms with E-state index in [4.69, 9.17) is 9.84 Å². The Hall–Kier alpha value is 0.390. The van der Waals surface area contributed by atoms with Crippen LogP contribution in [0.5, 0.6) is 0 Å². The Balaban J connectivity index is 0. The molecule has 0 bridgehead atoms. The van der Waals surface area contributed by atoms with Gasteiger partial charge in [-0.2, -0.15) is 0 Å². The van der Waals surface area contributed by atoms with E-state index in [-0.39, 0.29) is 31.0 Å². The van der Waals surface area contributed by atoms with E-state index in [1.54, 1.807) is 13.8 Å². The second-order valence-corrected chi connectivity index (χ2v) is 3.46. The number of hydrogen-bond acceptors (Lipinski definition) is 3. The Morgan fingerprint density at radius 2 is 1.92 bits per heavy atom. The fourth-order valence-electron chi connectivity index (χ4n) is 1.26. The van der Waals surface area contributed by atoms with Gasteiger partial charge < -0.3 is 11.3 Å². The summed E-state index contributed by atoms with van der Waals surface area (Å²) >= 11 is 0. The van der Waals surface area contributed by atoms with Gasteiger partial charge in [0.25, 0.3) is 0 Å². The van der Waals surface area contributed by atoms with E-state index in [1.807, 2.05) is 4.90 Å². The van der Waals surface area contributed by atoms with Gasteiger partial charge in [0.15, 0.2) is 0 Å². The molecule has 5 heteroatoms. The molecule has 1 heterocycles. The first-order chi connectivity index (χ1) is 5.55. The SMILES string of the molecule is CC(C)(C(=O)O)N1CCOCC1.[H-].[Na+]. The maximum Gasteiger partial charge on any atom is 1.00 e. The van der Waals surface area contributed by atoms with Crippen molar-refractivity contribution in [2.75, 3.05) is 26.3 Å². The number of hydrogen-bond donors (Lipinski definition) is 1. The number of ether oxygens (including phenoxy) is 1. The summed E-state index contributed by atoms with van der Waals surface area (Å²) in [6.45, 7) is 6.13. The molecule has 1 N–H and O–H groups in total. The standard InChI is InChI=1S/C8H15NO3.Na.H/c1-8(2,7(10)11)9-3-5-12-6-4-9;;/h3-6H2,1-2H3,(H,10,11);;/q;+1;-1. The molecule has 0 radical (unpaired) electrons. The van der Waals surface area contributed by atoms with Gasteiger partial charge >= 0.3 is 35.5 Å². The number of carbonyl (C=O) groups is 1. The van der Waals surface area contributed by atoms with Crippen molar-refractivity contribution in [3.05, 3.63) is 0 Å². The summed E-state index contributed by atoms with van der Waals surface area (Å²) in [6.07, 6.45) is 0. The van der Waals surface area contributed by atoms with Crippen LogP contribution in [-0.2, 0) is 9.53 Å². The van der Waals surface area contributed by atoms with Crippen molar-refractivity contribution in [1.82, 2.24) is 4.90 Å². The molecule has 1 aliphatic rings. The summed E-state index contributed by atoms with van der Waals surface area (Å²) < 4.78 is 5.14. The zero-order chi connectivity index (χ0) is 9.19. The predicted molar refractivity (Wildman–Crippen MR) is 45.2 cm³/mol. The molecule has 0 saturated carbocycles. The second kappa shape index (κ2) is 5.32. The second-order valence-electron chi connectivity index (χ2n) is 3.46. The van der Waals surface area contributed by atoms with Crippen molar-refractivity contribution in [2.45, 2.75) is 19.4 Å². The van der Waals surface area contributed by atoms with E-state index in [2.05, 4.69) is 0 Å². The van der Waals surface area contributed by atoms with Crippen molar-refractivity contribution in [1.29, 1.82) is 0 Å². The van der Waals surface area contributed by atoms with Crippen molar-refractivity contribution in [2.24, 2.45) is 0 Å². The van der Waals surface area contributed by atoms with Crippen LogP contribution in [0, 0.1) is 0 Å². The minimum atomic E-state index is -0.774. The quantitative estimate of drug-likeness (QED) is 0.489. The van der Waals surface area contributed by atoms with Gasteiger partial charge in [-0.1, -0.05) is 0 Å². The smallest absolute Gasteiger partial charge is 1.00 e. The van der Waals surface area contributed by atoms with Gasteiger partial charge in [0.2, 0.25) is 0 Å². The van der Waals surface area contributed by atoms with E-state index in [0.717, 1.165) is 0 Å². The van der Waals surface area contributed by atoms with Gasteiger partial charge in [-0.05, 0) is 13.8 Å². The minimum Gasteiger partial charge on any atom is -1.00 e. The van der Waals surface area contributed by atoms with Crippen LogP contribution in [-0.4, -0.2) is 47.8 Å². The third kappa shape index (κ3) is 3.22. The maximum absolute atomic E-state index is 10.8. The molecular formula is C8H16NNaO3. The normalized spacial score (nSPS) is 19.2. The van der Waals surface area contributed by atoms with E-state index in [0.29, 0.717) is 26.3 Å². The van der Waals surface area contributed by atoms with Crippen molar-refractivity contribution in [3.8, 4) is 0 Å². The summed E-state index contributed by atoms with van der Waals surface area (Å²) in [6, 6.07) is 0. The van der Waals surface area contributed by atoms with Gasteiger partial charge in [-0.3, -0.25) is 9.69 Å². The van der Waals surface area contributed by atoms with Crippen LogP contribution < -0.4 is 29.6 Å². The predicted octanol–water partition coefficient (Wildman–Crippen LogP) is -2.70. The summed E-state index contributed by atoms with van der Waals surface area (Å²) in [4.78, 5) is 12.8. The number of carboxylic acids is 1. The number of nitrogens with zero attached hydrogens (tertiary/aromatic N) is 1. The van der Waals surface area contributed by atoms with Gasteiger partial charge in [0, 0.05) is 13.1 Å². The summed E-state index contributed by atoms with van der Waals surface area (Å²) in [5, 5.41) is 8.91. The number of carboxylic acid groups (broad SMARTS) is 1. The third-order valence-corrected chi connectivity index (χ3v) is 2.33. The molecule has 72 valence electrons. The molecule has 1 fully saturated rings. The van der Waals surface area contributed by atoms with Gasteiger partial charge in [-0.15, -0.1) is 0 Å². The monoisotopic (exact) mass is 197 g/mol. The Morgan fingerprint density at radius 1 is 1.46 bits per heavy atom. The minimum absolute atomic E-state index is 0. The molecule has 4 nitrogen and oxygen atoms in total. The first-order valence-corrected chi connectivity index (χ1v) is 4.11. The van der Waals surface area contributed by atoms with E-state index < -0.39 is 11.5 Å². The van der Waals surface area contributed by atoms with Crippen molar-refractivity contribution >= 4 is 5.97 Å². The van der Waals surface area contributed by atoms with E-state index in [1.165, 1.54) is 0 Å². The van der Waals surface area contributed by atoms with Crippen molar-refractivity contribution < 1.29 is 45.6 Å². The Morgan fingerprint density at radius 3 is 2.31 bits per heavy atom. The van der Waals surface area contributed by atoms with Crippen LogP contribution >= 0.6 is 0 Å². The molecule has 0 amide bonds. The van der Waals surface area contributed by atoms with Crippen LogP contribution in [0.2, 0.25) is 0 Å². The molecule has 13 heavy (non-hydrogen) atoms. The molecule has 0 spiro atoms. The number of morpholine rings is 1. The summed E-state index contributed by atoms with van der Waals surface area (Å²) in [7, 11) is 0. The van der Waals surface area contributed by atoms with Gasteiger partial charge in [0.1, 0.15) is 5.54 Å². The van der Waals surface area contributed by atoms with Gasteiger partial charge in [-0.25, -0.2) is 0 Å². The van der Waals surface area contributed by atoms with Crippen LogP contribution in [0.15, 0.2) is 0 Å². The van der Waals surface area contributed by atoms with E-state index >= 15 is 0 Å². The maximum atomic E-state index is 10.8. The topological polar surface area (TPSA) is 49.8 Å². The molecular weight excluding hydrogens is 181 g/mol. The average molecular weight is 197 g/mol. The fourth-order valence-corrected chi connectivity index (χ4v) is 1.26. The Bertz CT molecular complexity index is 183. The Kier molecular flexibility index (Phi) is 5.47. The van der Waals surface area contributed by atoms with Crippen LogP contribution in [0.3, 0.4) is 0 Å². The number of aliphatic carboxylic acids is 1. The zero-order valence-electron chi connectivity index (χ0n) is 9.54. The van der Waals surface area contributed by atoms with E-state index in [9.17, 15) is 4.79 Å². The molecule has 0 aromatic heterocycles. The third-order valence-electron chi connectivity index (χ3n) is 2.33. The molecule has 1 saturated heterocycles. The molecule has 0 aliphatic carbocycles. The Labute approximate surface area is 102 Å². The molecule has 0 atom stereocenters. The average Bonchev–Trinajstić information content (AvgIpc) is 2.06. The largest absolute Gasteiger partial charge is 1.00 e. The molecule has 0 aromatic carbocycles. The van der Waals surface area contributed by atoms with Gasteiger partial charge in [0.05, 0.1) is 13.2 Å². The summed E-state index contributed by atoms with van der Waals surface area (Å²) in [5.74, 6) is -0.774. The molecule has 0 aromatic rings. The van der Waals surface area contributed by atoms with Crippen molar-refractivity contribution in [3.63, 3.8) is 0 Å². The number of rotatable bonds is 2.